The van der Waals surface area contributed by atoms with E-state index in [0.29, 0.717) is 6.54 Å². The molecule has 3 heteroatoms. The predicted octanol–water partition coefficient (Wildman–Crippen LogP) is 5.82. The van der Waals surface area contributed by atoms with Crippen molar-refractivity contribution in [1.29, 1.82) is 0 Å². The number of carbonyl (C=O) groups is 1. The second-order valence-corrected chi connectivity index (χ2v) is 8.79. The third-order valence-corrected chi connectivity index (χ3v) is 6.48. The molecule has 0 unspecified atom stereocenters. The molecule has 0 aliphatic carbocycles. The molecule has 2 aliphatic rings. The third-order valence-electron chi connectivity index (χ3n) is 6.48. The van der Waals surface area contributed by atoms with Gasteiger partial charge in [-0.15, -0.1) is 0 Å². The van der Waals surface area contributed by atoms with Gasteiger partial charge in [0, 0.05) is 24.3 Å². The first kappa shape index (κ1) is 19.6. The molecule has 0 N–H and O–H groups in total. The van der Waals surface area contributed by atoms with Gasteiger partial charge >= 0.3 is 0 Å². The van der Waals surface area contributed by atoms with Crippen molar-refractivity contribution in [1.82, 2.24) is 0 Å². The second-order valence-electron chi connectivity index (χ2n) is 8.79. The van der Waals surface area contributed by atoms with Gasteiger partial charge in [-0.2, -0.15) is 0 Å². The maximum Gasteiger partial charge on any atom is 0.259 e. The largest absolute Gasteiger partial charge is 0.367 e. The summed E-state index contributed by atoms with van der Waals surface area (Å²) in [4.78, 5) is 18.0. The minimum atomic E-state index is 0.138. The Bertz CT molecular complexity index is 1170. The number of benzene rings is 3. The topological polar surface area (TPSA) is 23.6 Å². The van der Waals surface area contributed by atoms with E-state index in [4.69, 9.17) is 0 Å². The molecule has 0 radical (unpaired) electrons. The van der Waals surface area contributed by atoms with Crippen molar-refractivity contribution in [2.24, 2.45) is 0 Å². The number of anilines is 2. The molecule has 0 atom stereocenters. The summed E-state index contributed by atoms with van der Waals surface area (Å²) in [5, 5.41) is 0. The van der Waals surface area contributed by atoms with Crippen LogP contribution in [0.15, 0.2) is 72.3 Å². The van der Waals surface area contributed by atoms with Gasteiger partial charge in [-0.3, -0.25) is 4.79 Å². The fourth-order valence-electron chi connectivity index (χ4n) is 5.27. The van der Waals surface area contributed by atoms with Crippen LogP contribution in [0.4, 0.5) is 11.4 Å². The number of hydrogen-bond donors (Lipinski definition) is 0. The van der Waals surface area contributed by atoms with Crippen LogP contribution in [0.2, 0.25) is 0 Å². The standard InChI is InChI=1S/C28H28N2O/c1-19-15-20(2)27(21(3)16-19)29-14-13-23(18-29)26-24-11-7-8-12-25(24)30(28(26)31)17-22-9-5-4-6-10-22/h4-12,15-16H,13-14,17-18H2,1-3H3/b26-23-. The number of aryl methyl sites for hydroxylation is 3. The molecule has 5 rings (SSSR count). The van der Waals surface area contributed by atoms with Gasteiger partial charge in [-0.25, -0.2) is 0 Å². The lowest BCUT2D eigenvalue weighted by molar-refractivity contribution is -0.113. The molecule has 1 fully saturated rings. The minimum Gasteiger partial charge on any atom is -0.367 e. The van der Waals surface area contributed by atoms with Gasteiger partial charge in [0.25, 0.3) is 5.91 Å². The van der Waals surface area contributed by atoms with Crippen LogP contribution in [-0.4, -0.2) is 19.0 Å². The molecule has 31 heavy (non-hydrogen) atoms. The Labute approximate surface area is 184 Å². The van der Waals surface area contributed by atoms with E-state index in [1.807, 2.05) is 35.2 Å². The maximum absolute atomic E-state index is 13.6. The molecule has 3 nitrogen and oxygen atoms in total. The normalized spacial score (nSPS) is 18.1. The Kier molecular flexibility index (Phi) is 4.90. The molecule has 1 saturated heterocycles. The third kappa shape index (κ3) is 3.44. The predicted molar refractivity (Wildman–Crippen MR) is 128 cm³/mol. The summed E-state index contributed by atoms with van der Waals surface area (Å²) < 4.78 is 0. The number of nitrogens with zero attached hydrogens (tertiary/aromatic N) is 2. The Morgan fingerprint density at radius 2 is 1.55 bits per heavy atom. The lowest BCUT2D eigenvalue weighted by Gasteiger charge is -2.23. The van der Waals surface area contributed by atoms with Crippen molar-refractivity contribution in [3.63, 3.8) is 0 Å². The Balaban J connectivity index is 1.51. The smallest absolute Gasteiger partial charge is 0.259 e. The zero-order chi connectivity index (χ0) is 21.5. The SMILES string of the molecule is Cc1cc(C)c(N2CC/C(=C3/C(=O)N(Cc4ccccc4)c4ccccc43)C2)c(C)c1. The van der Waals surface area contributed by atoms with E-state index in [2.05, 4.69) is 62.1 Å². The van der Waals surface area contributed by atoms with E-state index in [-0.39, 0.29) is 5.91 Å². The van der Waals surface area contributed by atoms with Crippen LogP contribution in [0, 0.1) is 20.8 Å². The number of para-hydroxylation sites is 1. The fourth-order valence-corrected chi connectivity index (χ4v) is 5.27. The zero-order valence-electron chi connectivity index (χ0n) is 18.5. The molecule has 0 spiro atoms. The van der Waals surface area contributed by atoms with Crippen molar-refractivity contribution in [3.8, 4) is 0 Å². The van der Waals surface area contributed by atoms with E-state index in [0.717, 1.165) is 41.9 Å². The summed E-state index contributed by atoms with van der Waals surface area (Å²) in [5.41, 5.74) is 10.7. The molecule has 3 aromatic rings. The van der Waals surface area contributed by atoms with Crippen molar-refractivity contribution < 1.29 is 4.79 Å². The van der Waals surface area contributed by atoms with Crippen LogP contribution in [-0.2, 0) is 11.3 Å². The molecular weight excluding hydrogens is 380 g/mol. The number of fused-ring (bicyclic) bond motifs is 1. The van der Waals surface area contributed by atoms with Crippen molar-refractivity contribution in [2.75, 3.05) is 22.9 Å². The first-order valence-corrected chi connectivity index (χ1v) is 11.0. The van der Waals surface area contributed by atoms with Gasteiger partial charge in [0.2, 0.25) is 0 Å². The van der Waals surface area contributed by atoms with Gasteiger partial charge in [0.05, 0.1) is 17.8 Å². The number of hydrogen-bond acceptors (Lipinski definition) is 2. The molecule has 1 amide bonds. The Morgan fingerprint density at radius 1 is 0.871 bits per heavy atom. The number of amides is 1. The van der Waals surface area contributed by atoms with Gasteiger partial charge in [0.1, 0.15) is 0 Å². The summed E-state index contributed by atoms with van der Waals surface area (Å²) in [6, 6.07) is 23.0. The van der Waals surface area contributed by atoms with Gasteiger partial charge in [-0.05, 0) is 55.5 Å². The summed E-state index contributed by atoms with van der Waals surface area (Å²) in [7, 11) is 0. The molecule has 156 valence electrons. The van der Waals surface area contributed by atoms with Gasteiger partial charge in [-0.1, -0.05) is 66.2 Å². The Hall–Kier alpha value is -3.33. The highest BCUT2D eigenvalue weighted by molar-refractivity contribution is 6.33. The van der Waals surface area contributed by atoms with Crippen LogP contribution in [0.3, 0.4) is 0 Å². The lowest BCUT2D eigenvalue weighted by atomic mass is 10.0. The molecule has 0 bridgehead atoms. The van der Waals surface area contributed by atoms with E-state index in [1.165, 1.54) is 28.0 Å². The van der Waals surface area contributed by atoms with Crippen LogP contribution < -0.4 is 9.80 Å². The second kappa shape index (κ2) is 7.73. The highest BCUT2D eigenvalue weighted by Crippen LogP contribution is 2.42. The summed E-state index contributed by atoms with van der Waals surface area (Å²) in [6.07, 6.45) is 0.932. The van der Waals surface area contributed by atoms with Crippen LogP contribution in [0.1, 0.15) is 34.2 Å². The molecular formula is C28H28N2O. The average molecular weight is 409 g/mol. The highest BCUT2D eigenvalue weighted by Gasteiger charge is 2.36. The van der Waals surface area contributed by atoms with Crippen LogP contribution >= 0.6 is 0 Å². The summed E-state index contributed by atoms with van der Waals surface area (Å²) in [6.45, 7) is 8.91. The summed E-state index contributed by atoms with van der Waals surface area (Å²) in [5.74, 6) is 0.138. The van der Waals surface area contributed by atoms with Crippen LogP contribution in [0.5, 0.6) is 0 Å². The highest BCUT2D eigenvalue weighted by atomic mass is 16.2. The van der Waals surface area contributed by atoms with Crippen molar-refractivity contribution in [2.45, 2.75) is 33.7 Å². The molecule has 3 aromatic carbocycles. The maximum atomic E-state index is 13.6. The van der Waals surface area contributed by atoms with Crippen molar-refractivity contribution >= 4 is 22.9 Å². The number of carbonyl (C=O) groups excluding carboxylic acids is 1. The van der Waals surface area contributed by atoms with E-state index >= 15 is 0 Å². The molecule has 0 saturated carbocycles. The first-order valence-electron chi connectivity index (χ1n) is 11.0. The van der Waals surface area contributed by atoms with E-state index in [1.54, 1.807) is 0 Å². The quantitative estimate of drug-likeness (QED) is 0.510. The van der Waals surface area contributed by atoms with Gasteiger partial charge < -0.3 is 9.80 Å². The average Bonchev–Trinajstić information content (AvgIpc) is 3.31. The van der Waals surface area contributed by atoms with Crippen LogP contribution in [0.25, 0.3) is 5.57 Å². The van der Waals surface area contributed by atoms with E-state index < -0.39 is 0 Å². The Morgan fingerprint density at radius 3 is 2.29 bits per heavy atom. The van der Waals surface area contributed by atoms with E-state index in [9.17, 15) is 4.79 Å². The molecule has 2 heterocycles. The monoisotopic (exact) mass is 408 g/mol. The lowest BCUT2D eigenvalue weighted by Crippen LogP contribution is -2.26. The minimum absolute atomic E-state index is 0.138. The summed E-state index contributed by atoms with van der Waals surface area (Å²) >= 11 is 0. The van der Waals surface area contributed by atoms with Gasteiger partial charge in [0.15, 0.2) is 0 Å². The number of rotatable bonds is 3. The molecule has 2 aliphatic heterocycles. The fraction of sp³-hybridized carbons (Fsp3) is 0.250. The first-order chi connectivity index (χ1) is 15.0. The van der Waals surface area contributed by atoms with Crippen molar-refractivity contribution in [3.05, 3.63) is 100 Å². The molecule has 0 aromatic heterocycles. The zero-order valence-corrected chi connectivity index (χ0v) is 18.5.